The number of hydrogen-bond acceptors (Lipinski definition) is 7. The van der Waals surface area contributed by atoms with Gasteiger partial charge >= 0.3 is 5.97 Å². The van der Waals surface area contributed by atoms with E-state index < -0.39 is 5.97 Å². The lowest BCUT2D eigenvalue weighted by Gasteiger charge is -2.14. The number of aryl methyl sites for hydroxylation is 1. The van der Waals surface area contributed by atoms with Crippen LogP contribution in [0.15, 0.2) is 72.4 Å². The minimum atomic E-state index is -0.887. The van der Waals surface area contributed by atoms with Crippen molar-refractivity contribution in [2.24, 2.45) is 10.9 Å². The largest absolute Gasteiger partial charge is 0.480 e. The van der Waals surface area contributed by atoms with Gasteiger partial charge in [-0.2, -0.15) is 5.90 Å². The van der Waals surface area contributed by atoms with Gasteiger partial charge in [0.25, 0.3) is 0 Å². The quantitative estimate of drug-likeness (QED) is 0.259. The first kappa shape index (κ1) is 25.8. The monoisotopic (exact) mass is 474 g/mol. The van der Waals surface area contributed by atoms with E-state index in [0.717, 1.165) is 22.4 Å². The van der Waals surface area contributed by atoms with Crippen molar-refractivity contribution in [1.82, 2.24) is 9.88 Å². The van der Waals surface area contributed by atoms with Crippen LogP contribution in [0.1, 0.15) is 27.9 Å². The number of methoxy groups -OCH3 is 1. The van der Waals surface area contributed by atoms with Gasteiger partial charge in [0.15, 0.2) is 0 Å². The van der Waals surface area contributed by atoms with Crippen LogP contribution in [-0.2, 0) is 27.5 Å². The van der Waals surface area contributed by atoms with Gasteiger partial charge < -0.3 is 14.7 Å². The van der Waals surface area contributed by atoms with Gasteiger partial charge in [-0.25, -0.2) is 4.99 Å². The maximum Gasteiger partial charge on any atom is 0.317 e. The molecule has 0 fully saturated rings. The van der Waals surface area contributed by atoms with Crippen molar-refractivity contribution in [2.75, 3.05) is 20.7 Å². The van der Waals surface area contributed by atoms with E-state index in [0.29, 0.717) is 30.0 Å². The van der Waals surface area contributed by atoms with E-state index in [1.54, 1.807) is 25.3 Å². The first-order valence-corrected chi connectivity index (χ1v) is 11.0. The van der Waals surface area contributed by atoms with Crippen LogP contribution in [0.2, 0.25) is 0 Å². The maximum absolute atomic E-state index is 10.8. The Morgan fingerprint density at radius 1 is 1.14 bits per heavy atom. The minimum absolute atomic E-state index is 0.0642. The molecule has 0 amide bonds. The summed E-state index contributed by atoms with van der Waals surface area (Å²) in [5, 5.41) is 8.89. The van der Waals surface area contributed by atoms with Crippen LogP contribution in [0.3, 0.4) is 0 Å². The molecular formula is C27H30N4O4. The molecule has 0 aliphatic carbocycles. The number of hydrogen-bond donors (Lipinski definition) is 2. The zero-order valence-electron chi connectivity index (χ0n) is 20.2. The van der Waals surface area contributed by atoms with Gasteiger partial charge in [-0.3, -0.25) is 14.7 Å². The Hall–Kier alpha value is -3.85. The molecule has 0 aliphatic rings. The molecule has 0 unspecified atom stereocenters. The van der Waals surface area contributed by atoms with E-state index in [4.69, 9.17) is 20.6 Å². The Labute approximate surface area is 205 Å². The summed E-state index contributed by atoms with van der Waals surface area (Å²) in [5.74, 6) is 4.90. The number of pyridine rings is 1. The van der Waals surface area contributed by atoms with Gasteiger partial charge in [0.05, 0.1) is 24.5 Å². The highest BCUT2D eigenvalue weighted by atomic mass is 16.6. The molecule has 1 heterocycles. The summed E-state index contributed by atoms with van der Waals surface area (Å²) in [6.07, 6.45) is 1.64. The second-order valence-electron chi connectivity index (χ2n) is 8.21. The molecule has 35 heavy (non-hydrogen) atoms. The van der Waals surface area contributed by atoms with E-state index in [-0.39, 0.29) is 12.4 Å². The highest BCUT2D eigenvalue weighted by molar-refractivity contribution is 5.98. The lowest BCUT2D eigenvalue weighted by atomic mass is 9.94. The SMILES string of the molecule is C=C(/N=C(\ON)c1ccc(-c2ccccc2C)c(COC)c1)c1ccc(CN(C)CC(=O)O)nc1. The molecule has 2 aromatic carbocycles. The molecule has 0 radical (unpaired) electrons. The van der Waals surface area contributed by atoms with Gasteiger partial charge in [-0.1, -0.05) is 36.9 Å². The van der Waals surface area contributed by atoms with Crippen LogP contribution in [0.5, 0.6) is 0 Å². The van der Waals surface area contributed by atoms with Crippen molar-refractivity contribution in [3.8, 4) is 11.1 Å². The number of nitrogens with zero attached hydrogens (tertiary/aromatic N) is 3. The zero-order chi connectivity index (χ0) is 25.4. The third-order valence-corrected chi connectivity index (χ3v) is 5.43. The van der Waals surface area contributed by atoms with Crippen molar-refractivity contribution in [1.29, 1.82) is 0 Å². The van der Waals surface area contributed by atoms with Crippen LogP contribution >= 0.6 is 0 Å². The number of nitrogens with two attached hydrogens (primary N) is 1. The standard InChI is InChI=1S/C27H30N4O4/c1-18-7-5-6-8-24(18)25-12-10-20(13-22(25)17-34-4)27(35-28)30-19(2)21-9-11-23(29-14-21)15-31(3)16-26(32)33/h5-14H,2,15-17,28H2,1,3-4H3,(H,32,33)/b30-27-. The van der Waals surface area contributed by atoms with Crippen LogP contribution < -0.4 is 5.90 Å². The molecule has 0 spiro atoms. The van der Waals surface area contributed by atoms with Gasteiger partial charge in [-0.15, -0.1) is 0 Å². The van der Waals surface area contributed by atoms with Crippen molar-refractivity contribution in [2.45, 2.75) is 20.1 Å². The molecule has 0 aliphatic heterocycles. The van der Waals surface area contributed by atoms with E-state index in [2.05, 4.69) is 35.6 Å². The maximum atomic E-state index is 10.8. The number of carboxylic acid groups (broad SMARTS) is 1. The number of rotatable bonds is 10. The Morgan fingerprint density at radius 2 is 1.89 bits per heavy atom. The normalized spacial score (nSPS) is 11.5. The van der Waals surface area contributed by atoms with Gasteiger partial charge in [0.2, 0.25) is 5.90 Å². The molecule has 3 aromatic rings. The summed E-state index contributed by atoms with van der Waals surface area (Å²) < 4.78 is 5.43. The number of aliphatic imine (C=N–C) groups is 1. The molecule has 0 saturated carbocycles. The van der Waals surface area contributed by atoms with Crippen molar-refractivity contribution in [3.63, 3.8) is 0 Å². The Kier molecular flexibility index (Phi) is 8.86. The fraction of sp³-hybridized carbons (Fsp3) is 0.222. The molecule has 0 atom stereocenters. The predicted octanol–water partition coefficient (Wildman–Crippen LogP) is 4.03. The molecule has 1 aromatic heterocycles. The molecule has 3 rings (SSSR count). The summed E-state index contributed by atoms with van der Waals surface area (Å²) in [5.41, 5.74) is 6.89. The Balaban J connectivity index is 1.84. The number of carbonyl (C=O) groups is 1. The molecular weight excluding hydrogens is 444 g/mol. The molecule has 0 bridgehead atoms. The molecule has 3 N–H and O–H groups in total. The summed E-state index contributed by atoms with van der Waals surface area (Å²) in [6.45, 7) is 6.86. The first-order chi connectivity index (χ1) is 16.8. The fourth-order valence-corrected chi connectivity index (χ4v) is 3.74. The lowest BCUT2D eigenvalue weighted by molar-refractivity contribution is -0.138. The topological polar surface area (TPSA) is 110 Å². The second-order valence-corrected chi connectivity index (χ2v) is 8.21. The zero-order valence-corrected chi connectivity index (χ0v) is 20.2. The van der Waals surface area contributed by atoms with Crippen molar-refractivity contribution in [3.05, 3.63) is 95.3 Å². The number of aromatic nitrogens is 1. The summed E-state index contributed by atoms with van der Waals surface area (Å²) in [6, 6.07) is 17.7. The molecule has 8 heteroatoms. The highest BCUT2D eigenvalue weighted by Gasteiger charge is 2.13. The smallest absolute Gasteiger partial charge is 0.317 e. The number of carboxylic acids is 1. The highest BCUT2D eigenvalue weighted by Crippen LogP contribution is 2.29. The predicted molar refractivity (Wildman–Crippen MR) is 136 cm³/mol. The van der Waals surface area contributed by atoms with Gasteiger partial charge in [-0.05, 0) is 60.5 Å². The fourth-order valence-electron chi connectivity index (χ4n) is 3.74. The third kappa shape index (κ3) is 6.83. The van der Waals surface area contributed by atoms with Crippen LogP contribution in [0.25, 0.3) is 16.8 Å². The van der Waals surface area contributed by atoms with Crippen LogP contribution in [-0.4, -0.2) is 47.6 Å². The van der Waals surface area contributed by atoms with E-state index in [1.165, 1.54) is 5.56 Å². The van der Waals surface area contributed by atoms with E-state index >= 15 is 0 Å². The summed E-state index contributed by atoms with van der Waals surface area (Å²) in [4.78, 5) is 26.5. The summed E-state index contributed by atoms with van der Waals surface area (Å²) in [7, 11) is 3.38. The molecule has 0 saturated heterocycles. The summed E-state index contributed by atoms with van der Waals surface area (Å²) >= 11 is 0. The number of aliphatic carboxylic acids is 1. The number of ether oxygens (including phenoxy) is 1. The van der Waals surface area contributed by atoms with Crippen LogP contribution in [0, 0.1) is 6.92 Å². The van der Waals surface area contributed by atoms with Crippen molar-refractivity contribution >= 4 is 17.6 Å². The van der Waals surface area contributed by atoms with Gasteiger partial charge in [0.1, 0.15) is 0 Å². The molecule has 8 nitrogen and oxygen atoms in total. The van der Waals surface area contributed by atoms with Gasteiger partial charge in [0, 0.05) is 31.0 Å². The van der Waals surface area contributed by atoms with Crippen LogP contribution in [0.4, 0.5) is 0 Å². The Bertz CT molecular complexity index is 1220. The average Bonchev–Trinajstić information content (AvgIpc) is 2.83. The Morgan fingerprint density at radius 3 is 2.51 bits per heavy atom. The number of likely N-dealkylation sites (N-methyl/N-ethyl adjacent to an activating group) is 1. The first-order valence-electron chi connectivity index (χ1n) is 11.0. The molecule has 182 valence electrons. The number of benzene rings is 2. The second kappa shape index (κ2) is 12.0. The third-order valence-electron chi connectivity index (χ3n) is 5.43. The van der Waals surface area contributed by atoms with E-state index in [9.17, 15) is 4.79 Å². The minimum Gasteiger partial charge on any atom is -0.480 e. The van der Waals surface area contributed by atoms with E-state index in [1.807, 2.05) is 42.5 Å². The lowest BCUT2D eigenvalue weighted by Crippen LogP contribution is -2.25. The van der Waals surface area contributed by atoms with Crippen molar-refractivity contribution < 1.29 is 19.5 Å². The average molecular weight is 475 g/mol.